The summed E-state index contributed by atoms with van der Waals surface area (Å²) in [5.41, 5.74) is 0.699. The Hall–Kier alpha value is -0.910. The zero-order valence-electron chi connectivity index (χ0n) is 10.4. The maximum atomic E-state index is 11.9. The number of carbonyl (C=O) groups is 1. The van der Waals surface area contributed by atoms with Crippen molar-refractivity contribution >= 4 is 21.8 Å². The SMILES string of the molecule is CN1CCNCC1CNC(=O)c1ccc(Br)cc1. The van der Waals surface area contributed by atoms with Crippen LogP contribution in [0.4, 0.5) is 0 Å². The van der Waals surface area contributed by atoms with Crippen LogP contribution in [0.3, 0.4) is 0 Å². The Labute approximate surface area is 116 Å². The van der Waals surface area contributed by atoms with E-state index in [9.17, 15) is 4.79 Å². The Morgan fingerprint density at radius 1 is 1.50 bits per heavy atom. The van der Waals surface area contributed by atoms with Gasteiger partial charge in [0.15, 0.2) is 0 Å². The number of piperazine rings is 1. The van der Waals surface area contributed by atoms with Crippen molar-refractivity contribution in [2.45, 2.75) is 6.04 Å². The lowest BCUT2D eigenvalue weighted by Gasteiger charge is -2.33. The van der Waals surface area contributed by atoms with Crippen LogP contribution in [0, 0.1) is 0 Å². The van der Waals surface area contributed by atoms with Crippen LogP contribution in [-0.2, 0) is 0 Å². The number of hydrogen-bond acceptors (Lipinski definition) is 3. The average Bonchev–Trinajstić information content (AvgIpc) is 2.38. The molecule has 98 valence electrons. The third-order valence-corrected chi connectivity index (χ3v) is 3.78. The smallest absolute Gasteiger partial charge is 0.251 e. The summed E-state index contributed by atoms with van der Waals surface area (Å²) in [5, 5.41) is 6.32. The van der Waals surface area contributed by atoms with E-state index in [1.54, 1.807) is 0 Å². The molecule has 4 nitrogen and oxygen atoms in total. The van der Waals surface area contributed by atoms with Gasteiger partial charge >= 0.3 is 0 Å². The maximum Gasteiger partial charge on any atom is 0.251 e. The minimum atomic E-state index is -0.0125. The number of likely N-dealkylation sites (N-methyl/N-ethyl adjacent to an activating group) is 1. The largest absolute Gasteiger partial charge is 0.350 e. The summed E-state index contributed by atoms with van der Waals surface area (Å²) in [6, 6.07) is 7.77. The Morgan fingerprint density at radius 2 is 2.22 bits per heavy atom. The van der Waals surface area contributed by atoms with Crippen molar-refractivity contribution in [2.75, 3.05) is 33.2 Å². The Bertz CT molecular complexity index is 407. The van der Waals surface area contributed by atoms with E-state index in [4.69, 9.17) is 0 Å². The summed E-state index contributed by atoms with van der Waals surface area (Å²) in [7, 11) is 2.09. The molecule has 0 spiro atoms. The third kappa shape index (κ3) is 3.54. The highest BCUT2D eigenvalue weighted by atomic mass is 79.9. The number of hydrogen-bond donors (Lipinski definition) is 2. The van der Waals surface area contributed by atoms with Gasteiger partial charge in [0.2, 0.25) is 0 Å². The summed E-state index contributed by atoms with van der Waals surface area (Å²) < 4.78 is 0.982. The van der Waals surface area contributed by atoms with Crippen LogP contribution >= 0.6 is 15.9 Å². The first-order valence-corrected chi connectivity index (χ1v) is 6.91. The minimum Gasteiger partial charge on any atom is -0.350 e. The molecule has 1 unspecified atom stereocenters. The maximum absolute atomic E-state index is 11.9. The lowest BCUT2D eigenvalue weighted by atomic mass is 10.2. The molecule has 1 aliphatic heterocycles. The number of benzene rings is 1. The first-order valence-electron chi connectivity index (χ1n) is 6.11. The van der Waals surface area contributed by atoms with Gasteiger partial charge in [0, 0.05) is 42.3 Å². The van der Waals surface area contributed by atoms with Crippen molar-refractivity contribution in [3.05, 3.63) is 34.3 Å². The first kappa shape index (κ1) is 13.5. The van der Waals surface area contributed by atoms with Crippen LogP contribution < -0.4 is 10.6 Å². The number of amides is 1. The van der Waals surface area contributed by atoms with Crippen LogP contribution in [0.25, 0.3) is 0 Å². The second-order valence-electron chi connectivity index (χ2n) is 4.56. The van der Waals surface area contributed by atoms with Crippen molar-refractivity contribution < 1.29 is 4.79 Å². The number of carbonyl (C=O) groups excluding carboxylic acids is 1. The van der Waals surface area contributed by atoms with Gasteiger partial charge in [0.05, 0.1) is 0 Å². The molecule has 0 saturated carbocycles. The van der Waals surface area contributed by atoms with Gasteiger partial charge in [-0.05, 0) is 31.3 Å². The highest BCUT2D eigenvalue weighted by molar-refractivity contribution is 9.10. The fraction of sp³-hybridized carbons (Fsp3) is 0.462. The fourth-order valence-electron chi connectivity index (χ4n) is 2.00. The summed E-state index contributed by atoms with van der Waals surface area (Å²) >= 11 is 3.36. The van der Waals surface area contributed by atoms with Crippen LogP contribution in [-0.4, -0.2) is 50.1 Å². The monoisotopic (exact) mass is 311 g/mol. The molecule has 1 aromatic carbocycles. The average molecular weight is 312 g/mol. The standard InChI is InChI=1S/C13H18BrN3O/c1-17-7-6-15-8-12(17)9-16-13(18)10-2-4-11(14)5-3-10/h2-5,12,15H,6-9H2,1H3,(H,16,18). The van der Waals surface area contributed by atoms with E-state index in [0.29, 0.717) is 18.2 Å². The van der Waals surface area contributed by atoms with Crippen LogP contribution in [0.5, 0.6) is 0 Å². The second kappa shape index (κ2) is 6.31. The molecule has 2 N–H and O–H groups in total. The van der Waals surface area contributed by atoms with Crippen molar-refractivity contribution in [1.82, 2.24) is 15.5 Å². The molecule has 1 amide bonds. The number of rotatable bonds is 3. The van der Waals surface area contributed by atoms with E-state index in [1.165, 1.54) is 0 Å². The molecule has 1 fully saturated rings. The quantitative estimate of drug-likeness (QED) is 0.878. The first-order chi connectivity index (χ1) is 8.66. The van der Waals surface area contributed by atoms with E-state index >= 15 is 0 Å². The zero-order valence-corrected chi connectivity index (χ0v) is 12.0. The molecule has 18 heavy (non-hydrogen) atoms. The van der Waals surface area contributed by atoms with Crippen molar-refractivity contribution in [1.29, 1.82) is 0 Å². The molecule has 1 aliphatic rings. The molecule has 0 bridgehead atoms. The Kier molecular flexibility index (Phi) is 4.74. The van der Waals surface area contributed by atoms with Crippen molar-refractivity contribution in [3.63, 3.8) is 0 Å². The highest BCUT2D eigenvalue weighted by Crippen LogP contribution is 2.10. The molecular weight excluding hydrogens is 294 g/mol. The lowest BCUT2D eigenvalue weighted by Crippen LogP contribution is -2.53. The van der Waals surface area contributed by atoms with Gasteiger partial charge in [0.25, 0.3) is 5.91 Å². The molecule has 5 heteroatoms. The molecule has 0 aromatic heterocycles. The van der Waals surface area contributed by atoms with Gasteiger partial charge in [-0.1, -0.05) is 15.9 Å². The van der Waals surface area contributed by atoms with Gasteiger partial charge < -0.3 is 10.6 Å². The molecule has 1 heterocycles. The van der Waals surface area contributed by atoms with Gasteiger partial charge in [0.1, 0.15) is 0 Å². The van der Waals surface area contributed by atoms with Crippen molar-refractivity contribution in [3.8, 4) is 0 Å². The van der Waals surface area contributed by atoms with Gasteiger partial charge in [-0.25, -0.2) is 0 Å². The van der Waals surface area contributed by atoms with Crippen molar-refractivity contribution in [2.24, 2.45) is 0 Å². The van der Waals surface area contributed by atoms with E-state index in [0.717, 1.165) is 24.1 Å². The Balaban J connectivity index is 1.86. The minimum absolute atomic E-state index is 0.0125. The summed E-state index contributed by atoms with van der Waals surface area (Å²) in [4.78, 5) is 14.2. The van der Waals surface area contributed by atoms with Gasteiger partial charge in [-0.2, -0.15) is 0 Å². The second-order valence-corrected chi connectivity index (χ2v) is 5.47. The van der Waals surface area contributed by atoms with Gasteiger partial charge in [-0.15, -0.1) is 0 Å². The summed E-state index contributed by atoms with van der Waals surface area (Å²) in [6.07, 6.45) is 0. The molecule has 0 radical (unpaired) electrons. The van der Waals surface area contributed by atoms with Gasteiger partial charge in [-0.3, -0.25) is 9.69 Å². The predicted octanol–water partition coefficient (Wildman–Crippen LogP) is 1.08. The molecule has 0 aliphatic carbocycles. The highest BCUT2D eigenvalue weighted by Gasteiger charge is 2.19. The number of nitrogens with one attached hydrogen (secondary N) is 2. The van der Waals surface area contributed by atoms with E-state index < -0.39 is 0 Å². The van der Waals surface area contributed by atoms with E-state index in [2.05, 4.69) is 38.5 Å². The van der Waals surface area contributed by atoms with Crippen LogP contribution in [0.15, 0.2) is 28.7 Å². The Morgan fingerprint density at radius 3 is 2.89 bits per heavy atom. The van der Waals surface area contributed by atoms with E-state index in [1.807, 2.05) is 24.3 Å². The lowest BCUT2D eigenvalue weighted by molar-refractivity contribution is 0.0933. The molecular formula is C13H18BrN3O. The number of halogens is 1. The topological polar surface area (TPSA) is 44.4 Å². The molecule has 1 atom stereocenters. The summed E-state index contributed by atoms with van der Waals surface area (Å²) in [5.74, 6) is -0.0125. The molecule has 2 rings (SSSR count). The third-order valence-electron chi connectivity index (χ3n) is 3.25. The summed E-state index contributed by atoms with van der Waals surface area (Å²) in [6.45, 7) is 3.65. The molecule has 1 aromatic rings. The normalized spacial score (nSPS) is 20.7. The molecule has 1 saturated heterocycles. The van der Waals surface area contributed by atoms with Crippen LogP contribution in [0.2, 0.25) is 0 Å². The predicted molar refractivity (Wildman–Crippen MR) is 75.8 cm³/mol. The van der Waals surface area contributed by atoms with Crippen LogP contribution in [0.1, 0.15) is 10.4 Å². The van der Waals surface area contributed by atoms with E-state index in [-0.39, 0.29) is 5.91 Å². The zero-order chi connectivity index (χ0) is 13.0. The fourth-order valence-corrected chi connectivity index (χ4v) is 2.27. The number of nitrogens with zero attached hydrogens (tertiary/aromatic N) is 1.